The van der Waals surface area contributed by atoms with Crippen molar-refractivity contribution in [3.05, 3.63) is 41.7 Å². The molecule has 0 unspecified atom stereocenters. The molecule has 0 saturated heterocycles. The van der Waals surface area contributed by atoms with Crippen LogP contribution in [0.5, 0.6) is 0 Å². The van der Waals surface area contributed by atoms with Crippen molar-refractivity contribution in [2.45, 2.75) is 26.7 Å². The molecule has 22 heavy (non-hydrogen) atoms. The second-order valence-electron chi connectivity index (χ2n) is 4.97. The van der Waals surface area contributed by atoms with Crippen LogP contribution in [0.2, 0.25) is 0 Å². The van der Waals surface area contributed by atoms with Crippen molar-refractivity contribution in [3.63, 3.8) is 0 Å². The molecule has 2 aromatic rings. The molecule has 0 aliphatic heterocycles. The number of carboxylic acid groups (broad SMARTS) is 1. The average molecular weight is 300 g/mol. The van der Waals surface area contributed by atoms with Gasteiger partial charge in [-0.2, -0.15) is 0 Å². The monoisotopic (exact) mass is 300 g/mol. The molecule has 0 radical (unpaired) electrons. The van der Waals surface area contributed by atoms with E-state index >= 15 is 0 Å². The third-order valence-corrected chi connectivity index (χ3v) is 3.08. The molecule has 2 rings (SSSR count). The fourth-order valence-corrected chi connectivity index (χ4v) is 1.96. The lowest BCUT2D eigenvalue weighted by Gasteiger charge is -2.10. The van der Waals surface area contributed by atoms with E-state index in [9.17, 15) is 4.79 Å². The maximum atomic E-state index is 10.8. The minimum Gasteiger partial charge on any atom is -0.478 e. The van der Waals surface area contributed by atoms with Gasteiger partial charge in [0, 0.05) is 18.3 Å². The molecule has 0 amide bonds. The van der Waals surface area contributed by atoms with Crippen LogP contribution in [0.1, 0.15) is 35.9 Å². The number of hydrogen-bond acceptors (Lipinski definition) is 5. The van der Waals surface area contributed by atoms with Gasteiger partial charge in [0.2, 0.25) is 0 Å². The first kappa shape index (κ1) is 15.8. The Balaban J connectivity index is 2.09. The highest BCUT2D eigenvalue weighted by atomic mass is 16.4. The summed E-state index contributed by atoms with van der Waals surface area (Å²) in [6.45, 7) is 4.85. The van der Waals surface area contributed by atoms with E-state index in [1.807, 2.05) is 13.0 Å². The summed E-state index contributed by atoms with van der Waals surface area (Å²) < 4.78 is 0. The third kappa shape index (κ3) is 4.44. The van der Waals surface area contributed by atoms with Gasteiger partial charge in [0.05, 0.1) is 5.56 Å². The summed E-state index contributed by atoms with van der Waals surface area (Å²) in [6.07, 6.45) is 2.21. The van der Waals surface area contributed by atoms with Crippen LogP contribution < -0.4 is 10.6 Å². The van der Waals surface area contributed by atoms with Crippen molar-refractivity contribution in [2.24, 2.45) is 0 Å². The first-order chi connectivity index (χ1) is 10.6. The fourth-order valence-electron chi connectivity index (χ4n) is 1.96. The molecule has 1 aromatic heterocycles. The van der Waals surface area contributed by atoms with Gasteiger partial charge in [0.25, 0.3) is 0 Å². The number of benzene rings is 1. The van der Waals surface area contributed by atoms with Gasteiger partial charge < -0.3 is 15.7 Å². The largest absolute Gasteiger partial charge is 0.478 e. The molecule has 3 N–H and O–H groups in total. The maximum absolute atomic E-state index is 10.8. The number of anilines is 3. The van der Waals surface area contributed by atoms with Crippen LogP contribution >= 0.6 is 0 Å². The molecule has 0 aliphatic rings. The Kier molecular flexibility index (Phi) is 5.30. The number of rotatable bonds is 7. The maximum Gasteiger partial charge on any atom is 0.335 e. The molecule has 0 bridgehead atoms. The molecule has 1 aromatic carbocycles. The highest BCUT2D eigenvalue weighted by molar-refractivity contribution is 5.88. The van der Waals surface area contributed by atoms with E-state index in [2.05, 4.69) is 27.5 Å². The van der Waals surface area contributed by atoms with Gasteiger partial charge in [-0.05, 0) is 37.6 Å². The van der Waals surface area contributed by atoms with Crippen LogP contribution in [0.3, 0.4) is 0 Å². The first-order valence-electron chi connectivity index (χ1n) is 7.28. The van der Waals surface area contributed by atoms with Crippen LogP contribution in [-0.2, 0) is 0 Å². The van der Waals surface area contributed by atoms with E-state index in [1.54, 1.807) is 24.3 Å². The molecule has 0 saturated carbocycles. The van der Waals surface area contributed by atoms with Gasteiger partial charge in [-0.3, -0.25) is 0 Å². The number of nitrogens with one attached hydrogen (secondary N) is 2. The van der Waals surface area contributed by atoms with Crippen molar-refractivity contribution < 1.29 is 9.90 Å². The molecule has 6 heteroatoms. The lowest BCUT2D eigenvalue weighted by Crippen LogP contribution is -2.06. The Morgan fingerprint density at radius 2 is 1.86 bits per heavy atom. The summed E-state index contributed by atoms with van der Waals surface area (Å²) in [6, 6.07) is 8.38. The van der Waals surface area contributed by atoms with Crippen molar-refractivity contribution in [1.29, 1.82) is 0 Å². The van der Waals surface area contributed by atoms with Crippen LogP contribution in [0.15, 0.2) is 30.3 Å². The molecule has 6 nitrogen and oxygen atoms in total. The summed E-state index contributed by atoms with van der Waals surface area (Å²) in [7, 11) is 0. The number of nitrogens with zero attached hydrogens (tertiary/aromatic N) is 2. The van der Waals surface area contributed by atoms with Gasteiger partial charge in [-0.15, -0.1) is 0 Å². The predicted octanol–water partition coefficient (Wildman–Crippen LogP) is 3.44. The lowest BCUT2D eigenvalue weighted by molar-refractivity contribution is 0.0697. The molecular weight excluding hydrogens is 280 g/mol. The minimum atomic E-state index is -0.938. The Labute approximate surface area is 129 Å². The second kappa shape index (κ2) is 7.40. The zero-order chi connectivity index (χ0) is 15.9. The molecule has 116 valence electrons. The van der Waals surface area contributed by atoms with E-state index in [4.69, 9.17) is 5.11 Å². The Morgan fingerprint density at radius 1 is 1.18 bits per heavy atom. The van der Waals surface area contributed by atoms with E-state index < -0.39 is 5.97 Å². The molecule has 0 fully saturated rings. The summed E-state index contributed by atoms with van der Waals surface area (Å²) in [5, 5.41) is 15.3. The van der Waals surface area contributed by atoms with Crippen LogP contribution in [-0.4, -0.2) is 27.6 Å². The summed E-state index contributed by atoms with van der Waals surface area (Å²) in [5.74, 6) is 1.19. The summed E-state index contributed by atoms with van der Waals surface area (Å²) >= 11 is 0. The number of aryl methyl sites for hydroxylation is 1. The Hall–Kier alpha value is -2.63. The standard InChI is InChI=1S/C16H20N4O2/c1-3-4-9-17-14-10-15(19-11(2)18-14)20-13-7-5-12(6-8-13)16(21)22/h5-8,10H,3-4,9H2,1-2H3,(H,21,22)(H2,17,18,19,20). The van der Waals surface area contributed by atoms with E-state index in [0.29, 0.717) is 11.6 Å². The van der Waals surface area contributed by atoms with Crippen LogP contribution in [0.25, 0.3) is 0 Å². The van der Waals surface area contributed by atoms with Crippen molar-refractivity contribution in [2.75, 3.05) is 17.2 Å². The van der Waals surface area contributed by atoms with Gasteiger partial charge in [-0.25, -0.2) is 14.8 Å². The van der Waals surface area contributed by atoms with Crippen molar-refractivity contribution >= 4 is 23.3 Å². The number of aromatic carboxylic acids is 1. The van der Waals surface area contributed by atoms with Crippen molar-refractivity contribution in [1.82, 2.24) is 9.97 Å². The number of carbonyl (C=O) groups is 1. The molecule has 0 aliphatic carbocycles. The summed E-state index contributed by atoms with van der Waals surface area (Å²) in [5.41, 5.74) is 1.04. The highest BCUT2D eigenvalue weighted by Crippen LogP contribution is 2.18. The fraction of sp³-hybridized carbons (Fsp3) is 0.312. The van der Waals surface area contributed by atoms with Crippen LogP contribution in [0.4, 0.5) is 17.3 Å². The lowest BCUT2D eigenvalue weighted by atomic mass is 10.2. The predicted molar refractivity (Wildman–Crippen MR) is 86.9 cm³/mol. The normalized spacial score (nSPS) is 10.3. The van der Waals surface area contributed by atoms with Gasteiger partial charge in [0.1, 0.15) is 17.5 Å². The molecular formula is C16H20N4O2. The number of aromatic nitrogens is 2. The van der Waals surface area contributed by atoms with Gasteiger partial charge in [-0.1, -0.05) is 13.3 Å². The SMILES string of the molecule is CCCCNc1cc(Nc2ccc(C(=O)O)cc2)nc(C)n1. The Bertz CT molecular complexity index is 641. The summed E-state index contributed by atoms with van der Waals surface area (Å²) in [4.78, 5) is 19.5. The van der Waals surface area contributed by atoms with E-state index in [1.165, 1.54) is 0 Å². The quantitative estimate of drug-likeness (QED) is 0.679. The number of unbranched alkanes of at least 4 members (excludes halogenated alkanes) is 1. The molecule has 1 heterocycles. The van der Waals surface area contributed by atoms with Crippen LogP contribution in [0, 0.1) is 6.92 Å². The number of carboxylic acids is 1. The Morgan fingerprint density at radius 3 is 2.50 bits per heavy atom. The third-order valence-electron chi connectivity index (χ3n) is 3.08. The first-order valence-corrected chi connectivity index (χ1v) is 7.28. The van der Waals surface area contributed by atoms with Gasteiger partial charge in [0.15, 0.2) is 0 Å². The minimum absolute atomic E-state index is 0.256. The zero-order valence-electron chi connectivity index (χ0n) is 12.8. The van der Waals surface area contributed by atoms with E-state index in [0.717, 1.165) is 30.9 Å². The molecule has 0 atom stereocenters. The topological polar surface area (TPSA) is 87.1 Å². The second-order valence-corrected chi connectivity index (χ2v) is 4.97. The zero-order valence-corrected chi connectivity index (χ0v) is 12.8. The smallest absolute Gasteiger partial charge is 0.335 e. The van der Waals surface area contributed by atoms with Crippen molar-refractivity contribution in [3.8, 4) is 0 Å². The average Bonchev–Trinajstić information content (AvgIpc) is 2.47. The highest BCUT2D eigenvalue weighted by Gasteiger charge is 2.04. The number of hydrogen-bond donors (Lipinski definition) is 3. The van der Waals surface area contributed by atoms with Gasteiger partial charge >= 0.3 is 5.97 Å². The molecule has 0 spiro atoms. The van der Waals surface area contributed by atoms with E-state index in [-0.39, 0.29) is 5.56 Å².